The first kappa shape index (κ1) is 13.9. The number of aryl methyl sites for hydroxylation is 1. The summed E-state index contributed by atoms with van der Waals surface area (Å²) in [7, 11) is 1.89. The fourth-order valence-corrected chi connectivity index (χ4v) is 2.13. The second-order valence-corrected chi connectivity index (χ2v) is 4.90. The van der Waals surface area contributed by atoms with E-state index in [1.807, 2.05) is 24.9 Å². The second kappa shape index (κ2) is 6.08. The molecule has 2 aromatic rings. The molecule has 0 spiro atoms. The van der Waals surface area contributed by atoms with Gasteiger partial charge >= 0.3 is 0 Å². The number of hydrogen-bond donors (Lipinski definition) is 0. The summed E-state index contributed by atoms with van der Waals surface area (Å²) in [5, 5.41) is 0.432. The van der Waals surface area contributed by atoms with Crippen molar-refractivity contribution in [2.45, 2.75) is 20.0 Å². The van der Waals surface area contributed by atoms with Crippen molar-refractivity contribution in [1.29, 1.82) is 0 Å². The topological polar surface area (TPSA) is 29.0 Å². The van der Waals surface area contributed by atoms with Crippen molar-refractivity contribution in [3.63, 3.8) is 0 Å². The van der Waals surface area contributed by atoms with Gasteiger partial charge in [-0.05, 0) is 26.1 Å². The van der Waals surface area contributed by atoms with Crippen LogP contribution in [0.1, 0.15) is 17.1 Å². The molecule has 1 aromatic carbocycles. The lowest BCUT2D eigenvalue weighted by atomic mass is 10.2. The lowest BCUT2D eigenvalue weighted by Crippen LogP contribution is -2.19. The highest BCUT2D eigenvalue weighted by Gasteiger charge is 2.08. The van der Waals surface area contributed by atoms with Crippen LogP contribution in [0.15, 0.2) is 30.3 Å². The zero-order valence-electron chi connectivity index (χ0n) is 10.9. The molecule has 1 aromatic heterocycles. The maximum absolute atomic E-state index is 13.5. The monoisotopic (exact) mass is 279 g/mol. The van der Waals surface area contributed by atoms with Gasteiger partial charge in [-0.2, -0.15) is 0 Å². The molecule has 100 valence electrons. The maximum Gasteiger partial charge on any atom is 0.144 e. The van der Waals surface area contributed by atoms with Crippen molar-refractivity contribution in [3.05, 3.63) is 58.4 Å². The summed E-state index contributed by atoms with van der Waals surface area (Å²) in [6.45, 7) is 2.89. The van der Waals surface area contributed by atoms with Crippen molar-refractivity contribution < 1.29 is 4.39 Å². The molecule has 0 N–H and O–H groups in total. The van der Waals surface area contributed by atoms with Gasteiger partial charge in [0, 0.05) is 17.8 Å². The Morgan fingerprint density at radius 1 is 1.21 bits per heavy atom. The van der Waals surface area contributed by atoms with Gasteiger partial charge in [-0.1, -0.05) is 29.8 Å². The molecule has 0 bridgehead atoms. The molecule has 0 saturated carbocycles. The third kappa shape index (κ3) is 3.98. The van der Waals surface area contributed by atoms with E-state index >= 15 is 0 Å². The van der Waals surface area contributed by atoms with Crippen LogP contribution >= 0.6 is 11.6 Å². The van der Waals surface area contributed by atoms with Gasteiger partial charge < -0.3 is 0 Å². The second-order valence-electron chi connectivity index (χ2n) is 4.51. The molecule has 5 heteroatoms. The Labute approximate surface area is 117 Å². The third-order valence-corrected chi connectivity index (χ3v) is 2.87. The van der Waals surface area contributed by atoms with E-state index in [-0.39, 0.29) is 5.82 Å². The van der Waals surface area contributed by atoms with Crippen molar-refractivity contribution in [2.24, 2.45) is 0 Å². The van der Waals surface area contributed by atoms with E-state index in [1.54, 1.807) is 18.2 Å². The van der Waals surface area contributed by atoms with Crippen LogP contribution in [0.5, 0.6) is 0 Å². The smallest absolute Gasteiger partial charge is 0.144 e. The van der Waals surface area contributed by atoms with Gasteiger partial charge in [0.2, 0.25) is 0 Å². The molecular weight excluding hydrogens is 265 g/mol. The molecule has 3 nitrogen and oxygen atoms in total. The molecule has 0 aliphatic rings. The summed E-state index contributed by atoms with van der Waals surface area (Å²) in [5.74, 6) is 0.446. The van der Waals surface area contributed by atoms with Gasteiger partial charge in [0.25, 0.3) is 0 Å². The van der Waals surface area contributed by atoms with Crippen LogP contribution in [0, 0.1) is 12.7 Å². The predicted molar refractivity (Wildman–Crippen MR) is 73.4 cm³/mol. The summed E-state index contributed by atoms with van der Waals surface area (Å²) in [4.78, 5) is 10.4. The van der Waals surface area contributed by atoms with E-state index in [1.165, 1.54) is 6.07 Å². The van der Waals surface area contributed by atoms with E-state index in [9.17, 15) is 4.39 Å². The number of halogens is 2. The third-order valence-electron chi connectivity index (χ3n) is 2.68. The molecule has 0 aliphatic carbocycles. The summed E-state index contributed by atoms with van der Waals surface area (Å²) in [6.07, 6.45) is 0. The van der Waals surface area contributed by atoms with Gasteiger partial charge in [-0.3, -0.25) is 4.90 Å². The quantitative estimate of drug-likeness (QED) is 0.805. The average Bonchev–Trinajstić information content (AvgIpc) is 2.30. The van der Waals surface area contributed by atoms with Crippen LogP contribution < -0.4 is 0 Å². The molecule has 0 amide bonds. The van der Waals surface area contributed by atoms with Crippen LogP contribution in [0.3, 0.4) is 0 Å². The zero-order valence-corrected chi connectivity index (χ0v) is 11.7. The van der Waals surface area contributed by atoms with Gasteiger partial charge in [0.05, 0.1) is 6.54 Å². The molecule has 1 heterocycles. The lowest BCUT2D eigenvalue weighted by molar-refractivity contribution is 0.305. The van der Waals surface area contributed by atoms with Crippen molar-refractivity contribution in [2.75, 3.05) is 7.05 Å². The number of rotatable bonds is 4. The number of hydrogen-bond acceptors (Lipinski definition) is 3. The van der Waals surface area contributed by atoms with E-state index < -0.39 is 0 Å². The molecule has 0 aliphatic heterocycles. The molecule has 19 heavy (non-hydrogen) atoms. The van der Waals surface area contributed by atoms with Crippen LogP contribution in [-0.2, 0) is 13.1 Å². The van der Waals surface area contributed by atoms with E-state index in [0.717, 1.165) is 5.69 Å². The molecule has 0 fully saturated rings. The Bertz CT molecular complexity index is 554. The molecular formula is C14H15ClFN3. The standard InChI is InChI=1S/C14H15ClFN3/c1-10-7-13(15)18-14(17-10)9-19(2)8-11-5-3-4-6-12(11)16/h3-7H,8-9H2,1-2H3. The van der Waals surface area contributed by atoms with Gasteiger partial charge in [-0.25, -0.2) is 14.4 Å². The molecule has 0 saturated heterocycles. The van der Waals surface area contributed by atoms with Crippen molar-refractivity contribution in [3.8, 4) is 0 Å². The molecule has 0 radical (unpaired) electrons. The number of aromatic nitrogens is 2. The zero-order chi connectivity index (χ0) is 13.8. The minimum atomic E-state index is -0.197. The fourth-order valence-electron chi connectivity index (χ4n) is 1.87. The first-order valence-corrected chi connectivity index (χ1v) is 6.34. The van der Waals surface area contributed by atoms with E-state index in [0.29, 0.717) is 29.6 Å². The summed E-state index contributed by atoms with van der Waals surface area (Å²) < 4.78 is 13.5. The SMILES string of the molecule is Cc1cc(Cl)nc(CN(C)Cc2ccccc2F)n1. The summed E-state index contributed by atoms with van der Waals surface area (Å²) in [5.41, 5.74) is 1.48. The van der Waals surface area contributed by atoms with Gasteiger partial charge in [0.15, 0.2) is 0 Å². The molecule has 0 atom stereocenters. The predicted octanol–water partition coefficient (Wildman–Crippen LogP) is 3.21. The summed E-state index contributed by atoms with van der Waals surface area (Å²) >= 11 is 5.89. The van der Waals surface area contributed by atoms with Crippen LogP contribution in [0.4, 0.5) is 4.39 Å². The molecule has 0 unspecified atom stereocenters. The van der Waals surface area contributed by atoms with Gasteiger partial charge in [0.1, 0.15) is 16.8 Å². The number of nitrogens with zero attached hydrogens (tertiary/aromatic N) is 3. The average molecular weight is 280 g/mol. The van der Waals surface area contributed by atoms with Crippen LogP contribution in [-0.4, -0.2) is 21.9 Å². The first-order valence-electron chi connectivity index (χ1n) is 5.96. The van der Waals surface area contributed by atoms with Crippen LogP contribution in [0.2, 0.25) is 5.15 Å². The lowest BCUT2D eigenvalue weighted by Gasteiger charge is -2.16. The summed E-state index contributed by atoms with van der Waals surface area (Å²) in [6, 6.07) is 8.45. The van der Waals surface area contributed by atoms with E-state index in [2.05, 4.69) is 9.97 Å². The Kier molecular flexibility index (Phi) is 4.45. The fraction of sp³-hybridized carbons (Fsp3) is 0.286. The Balaban J connectivity index is 2.05. The first-order chi connectivity index (χ1) is 9.04. The normalized spacial score (nSPS) is 11.0. The number of benzene rings is 1. The highest BCUT2D eigenvalue weighted by atomic mass is 35.5. The Hall–Kier alpha value is -1.52. The van der Waals surface area contributed by atoms with Crippen LogP contribution in [0.25, 0.3) is 0 Å². The Morgan fingerprint density at radius 2 is 1.95 bits per heavy atom. The van der Waals surface area contributed by atoms with Crippen molar-refractivity contribution >= 4 is 11.6 Å². The maximum atomic E-state index is 13.5. The minimum absolute atomic E-state index is 0.197. The largest absolute Gasteiger partial charge is 0.295 e. The minimum Gasteiger partial charge on any atom is -0.295 e. The van der Waals surface area contributed by atoms with Crippen molar-refractivity contribution in [1.82, 2.24) is 14.9 Å². The highest BCUT2D eigenvalue weighted by Crippen LogP contribution is 2.12. The molecule has 2 rings (SSSR count). The Morgan fingerprint density at radius 3 is 2.63 bits per heavy atom. The van der Waals surface area contributed by atoms with Gasteiger partial charge in [-0.15, -0.1) is 0 Å². The highest BCUT2D eigenvalue weighted by molar-refractivity contribution is 6.29. The van der Waals surface area contributed by atoms with E-state index in [4.69, 9.17) is 11.6 Å².